The molecule has 0 saturated carbocycles. The van der Waals surface area contributed by atoms with E-state index in [0.717, 1.165) is 19.6 Å². The minimum Gasteiger partial charge on any atom is -0.394 e. The summed E-state index contributed by atoms with van der Waals surface area (Å²) in [6.07, 6.45) is -0.0294. The Kier molecular flexibility index (Phi) is 9.38. The predicted molar refractivity (Wildman–Crippen MR) is 60.4 cm³/mol. The van der Waals surface area contributed by atoms with E-state index in [1.807, 2.05) is 0 Å². The normalized spacial score (nSPS) is 22.4. The highest BCUT2D eigenvalue weighted by molar-refractivity contribution is 5.85. The fourth-order valence-corrected chi connectivity index (χ4v) is 1.47. The maximum absolute atomic E-state index is 8.92. The Morgan fingerprint density at radius 2 is 2.27 bits per heavy atom. The number of nitrogens with two attached hydrogens (primary N) is 1. The minimum absolute atomic E-state index is 0. The van der Waals surface area contributed by atoms with Crippen molar-refractivity contribution in [2.24, 2.45) is 5.73 Å². The van der Waals surface area contributed by atoms with Crippen LogP contribution in [0.4, 0.5) is 0 Å². The molecule has 1 rings (SSSR count). The van der Waals surface area contributed by atoms with Crippen LogP contribution in [-0.2, 0) is 9.47 Å². The van der Waals surface area contributed by atoms with Crippen molar-refractivity contribution >= 4 is 12.4 Å². The largest absolute Gasteiger partial charge is 0.394 e. The Balaban J connectivity index is 0.00000196. The Morgan fingerprint density at radius 3 is 2.93 bits per heavy atom. The molecule has 6 heteroatoms. The van der Waals surface area contributed by atoms with Gasteiger partial charge in [-0.15, -0.1) is 12.4 Å². The molecule has 1 heterocycles. The number of hydrogen-bond donors (Lipinski definition) is 2. The maximum Gasteiger partial charge on any atom is 0.0932 e. The molecule has 1 aliphatic rings. The van der Waals surface area contributed by atoms with Crippen LogP contribution in [-0.4, -0.2) is 68.7 Å². The highest BCUT2D eigenvalue weighted by Gasteiger charge is 2.18. The van der Waals surface area contributed by atoms with Crippen molar-refractivity contribution in [3.63, 3.8) is 0 Å². The summed E-state index contributed by atoms with van der Waals surface area (Å²) in [7, 11) is 0. The summed E-state index contributed by atoms with van der Waals surface area (Å²) in [5.41, 5.74) is 5.30. The Labute approximate surface area is 96.9 Å². The molecule has 0 amide bonds. The van der Waals surface area contributed by atoms with Crippen molar-refractivity contribution in [1.29, 1.82) is 0 Å². The van der Waals surface area contributed by atoms with Crippen molar-refractivity contribution < 1.29 is 14.6 Å². The third-order valence-electron chi connectivity index (χ3n) is 2.24. The van der Waals surface area contributed by atoms with E-state index < -0.39 is 0 Å². The number of ether oxygens (including phenoxy) is 2. The van der Waals surface area contributed by atoms with Crippen molar-refractivity contribution in [3.05, 3.63) is 0 Å². The average Bonchev–Trinajstić information content (AvgIpc) is 2.25. The van der Waals surface area contributed by atoms with Crippen LogP contribution in [0.1, 0.15) is 0 Å². The summed E-state index contributed by atoms with van der Waals surface area (Å²) in [5, 5.41) is 8.92. The van der Waals surface area contributed by atoms with Crippen LogP contribution in [0.3, 0.4) is 0 Å². The van der Waals surface area contributed by atoms with E-state index in [1.165, 1.54) is 0 Å². The van der Waals surface area contributed by atoms with Gasteiger partial charge < -0.3 is 20.3 Å². The lowest BCUT2D eigenvalue weighted by Crippen LogP contribution is -2.45. The summed E-state index contributed by atoms with van der Waals surface area (Å²) in [5.74, 6) is 0. The van der Waals surface area contributed by atoms with Crippen LogP contribution in [0.15, 0.2) is 0 Å². The molecular weight excluding hydrogens is 220 g/mol. The lowest BCUT2D eigenvalue weighted by molar-refractivity contribution is -0.0579. The molecule has 92 valence electrons. The molecule has 1 aliphatic heterocycles. The van der Waals surface area contributed by atoms with Crippen molar-refractivity contribution in [1.82, 2.24) is 4.90 Å². The predicted octanol–water partition coefficient (Wildman–Crippen LogP) is -0.923. The number of aliphatic hydroxyl groups is 1. The average molecular weight is 241 g/mol. The summed E-state index contributed by atoms with van der Waals surface area (Å²) >= 11 is 0. The molecule has 0 aromatic heterocycles. The molecule has 1 unspecified atom stereocenters. The SMILES string of the molecule is Cl.NCCOCCN1CCOC(CO)C1. The van der Waals surface area contributed by atoms with E-state index in [4.69, 9.17) is 20.3 Å². The third-order valence-corrected chi connectivity index (χ3v) is 2.24. The lowest BCUT2D eigenvalue weighted by Gasteiger charge is -2.31. The molecule has 5 nitrogen and oxygen atoms in total. The van der Waals surface area contributed by atoms with Crippen LogP contribution >= 0.6 is 12.4 Å². The summed E-state index contributed by atoms with van der Waals surface area (Å²) in [6.45, 7) is 5.29. The molecule has 0 aliphatic carbocycles. The van der Waals surface area contributed by atoms with Crippen molar-refractivity contribution in [2.75, 3.05) is 52.6 Å². The molecular formula is C9H21ClN2O3. The number of halogens is 1. The zero-order valence-electron chi connectivity index (χ0n) is 8.93. The van der Waals surface area contributed by atoms with Crippen molar-refractivity contribution in [3.8, 4) is 0 Å². The third kappa shape index (κ3) is 6.29. The minimum atomic E-state index is -0.0294. The molecule has 1 atom stereocenters. The zero-order valence-corrected chi connectivity index (χ0v) is 9.75. The maximum atomic E-state index is 8.92. The molecule has 1 fully saturated rings. The monoisotopic (exact) mass is 240 g/mol. The Bertz CT molecular complexity index is 151. The van der Waals surface area contributed by atoms with E-state index >= 15 is 0 Å². The number of aliphatic hydroxyl groups excluding tert-OH is 1. The second-order valence-electron chi connectivity index (χ2n) is 3.38. The van der Waals surface area contributed by atoms with Gasteiger partial charge in [0.15, 0.2) is 0 Å². The van der Waals surface area contributed by atoms with Crippen LogP contribution in [0.2, 0.25) is 0 Å². The van der Waals surface area contributed by atoms with Gasteiger partial charge in [0.2, 0.25) is 0 Å². The standard InChI is InChI=1S/C9H20N2O3.ClH/c10-1-4-13-5-2-11-3-6-14-9(7-11)8-12;/h9,12H,1-8,10H2;1H. The molecule has 0 aromatic rings. The van der Waals surface area contributed by atoms with Gasteiger partial charge in [0.25, 0.3) is 0 Å². The number of hydrogen-bond acceptors (Lipinski definition) is 5. The second-order valence-corrected chi connectivity index (χ2v) is 3.38. The van der Waals surface area contributed by atoms with Gasteiger partial charge in [-0.2, -0.15) is 0 Å². The van der Waals surface area contributed by atoms with Gasteiger partial charge in [-0.1, -0.05) is 0 Å². The Morgan fingerprint density at radius 1 is 1.47 bits per heavy atom. The summed E-state index contributed by atoms with van der Waals surface area (Å²) < 4.78 is 10.6. The fourth-order valence-electron chi connectivity index (χ4n) is 1.47. The number of rotatable bonds is 6. The summed E-state index contributed by atoms with van der Waals surface area (Å²) in [4.78, 5) is 2.24. The van der Waals surface area contributed by atoms with Gasteiger partial charge in [-0.25, -0.2) is 0 Å². The lowest BCUT2D eigenvalue weighted by atomic mass is 10.3. The van der Waals surface area contributed by atoms with Crippen molar-refractivity contribution in [2.45, 2.75) is 6.10 Å². The molecule has 3 N–H and O–H groups in total. The first-order chi connectivity index (χ1) is 6.86. The van der Waals surface area contributed by atoms with E-state index in [9.17, 15) is 0 Å². The van der Waals surface area contributed by atoms with Crippen LogP contribution in [0.25, 0.3) is 0 Å². The number of nitrogens with zero attached hydrogens (tertiary/aromatic N) is 1. The molecule has 1 saturated heterocycles. The van der Waals surface area contributed by atoms with E-state index in [-0.39, 0.29) is 25.1 Å². The second kappa shape index (κ2) is 9.33. The van der Waals surface area contributed by atoms with Gasteiger partial charge in [0.05, 0.1) is 32.5 Å². The smallest absolute Gasteiger partial charge is 0.0932 e. The van der Waals surface area contributed by atoms with Crippen LogP contribution < -0.4 is 5.73 Å². The number of morpholine rings is 1. The Hall–Kier alpha value is 0.0900. The first-order valence-electron chi connectivity index (χ1n) is 5.09. The quantitative estimate of drug-likeness (QED) is 0.588. The van der Waals surface area contributed by atoms with E-state index in [1.54, 1.807) is 0 Å². The molecule has 15 heavy (non-hydrogen) atoms. The molecule has 0 radical (unpaired) electrons. The fraction of sp³-hybridized carbons (Fsp3) is 1.00. The van der Waals surface area contributed by atoms with Crippen LogP contribution in [0, 0.1) is 0 Å². The van der Waals surface area contributed by atoms with E-state index in [0.29, 0.717) is 26.4 Å². The molecule has 0 bridgehead atoms. The highest BCUT2D eigenvalue weighted by Crippen LogP contribution is 2.03. The van der Waals surface area contributed by atoms with Gasteiger partial charge in [-0.05, 0) is 0 Å². The first kappa shape index (κ1) is 15.1. The molecule has 0 spiro atoms. The van der Waals surface area contributed by atoms with Gasteiger partial charge in [0.1, 0.15) is 0 Å². The first-order valence-corrected chi connectivity index (χ1v) is 5.09. The van der Waals surface area contributed by atoms with Crippen LogP contribution in [0.5, 0.6) is 0 Å². The topological polar surface area (TPSA) is 68.0 Å². The molecule has 0 aromatic carbocycles. The summed E-state index contributed by atoms with van der Waals surface area (Å²) in [6, 6.07) is 0. The zero-order chi connectivity index (χ0) is 10.2. The van der Waals surface area contributed by atoms with Gasteiger partial charge in [0, 0.05) is 26.2 Å². The highest BCUT2D eigenvalue weighted by atomic mass is 35.5. The van der Waals surface area contributed by atoms with Gasteiger partial charge >= 0.3 is 0 Å². The van der Waals surface area contributed by atoms with E-state index in [2.05, 4.69) is 4.90 Å². The van der Waals surface area contributed by atoms with Gasteiger partial charge in [-0.3, -0.25) is 4.90 Å².